The molecule has 0 saturated carbocycles. The van der Waals surface area contributed by atoms with E-state index in [0.29, 0.717) is 12.0 Å². The first-order valence-electron chi connectivity index (χ1n) is 7.19. The third-order valence-corrected chi connectivity index (χ3v) is 3.58. The van der Waals surface area contributed by atoms with E-state index in [1.54, 1.807) is 0 Å². The van der Waals surface area contributed by atoms with Crippen molar-refractivity contribution in [3.05, 3.63) is 0 Å². The lowest BCUT2D eigenvalue weighted by Crippen LogP contribution is -2.55. The summed E-state index contributed by atoms with van der Waals surface area (Å²) in [5, 5.41) is 0. The van der Waals surface area contributed by atoms with E-state index in [4.69, 9.17) is 5.73 Å². The topological polar surface area (TPSA) is 29.3 Å². The average Bonchev–Trinajstić information content (AvgIpc) is 2.22. The molecule has 0 aromatic carbocycles. The molecule has 0 aromatic heterocycles. The summed E-state index contributed by atoms with van der Waals surface area (Å²) in [5.74, 6) is 1.45. The van der Waals surface area contributed by atoms with Gasteiger partial charge in [-0.25, -0.2) is 0 Å². The maximum atomic E-state index is 6.07. The van der Waals surface area contributed by atoms with Gasteiger partial charge in [0.25, 0.3) is 0 Å². The molecule has 0 rings (SSSR count). The van der Waals surface area contributed by atoms with Crippen LogP contribution in [0.4, 0.5) is 0 Å². The van der Waals surface area contributed by atoms with E-state index in [0.717, 1.165) is 19.0 Å². The van der Waals surface area contributed by atoms with E-state index in [9.17, 15) is 0 Å². The molecule has 0 saturated heterocycles. The van der Waals surface area contributed by atoms with Crippen molar-refractivity contribution in [3.8, 4) is 0 Å². The van der Waals surface area contributed by atoms with Gasteiger partial charge in [-0.05, 0) is 45.4 Å². The molecule has 17 heavy (non-hydrogen) atoms. The summed E-state index contributed by atoms with van der Waals surface area (Å²) < 4.78 is 0. The van der Waals surface area contributed by atoms with Crippen LogP contribution >= 0.6 is 0 Å². The Morgan fingerprint density at radius 1 is 1.00 bits per heavy atom. The van der Waals surface area contributed by atoms with Crippen LogP contribution in [-0.2, 0) is 0 Å². The van der Waals surface area contributed by atoms with Gasteiger partial charge in [-0.15, -0.1) is 0 Å². The highest BCUT2D eigenvalue weighted by Crippen LogP contribution is 2.26. The molecular formula is C15H34N2. The Kier molecular flexibility index (Phi) is 7.34. The lowest BCUT2D eigenvalue weighted by molar-refractivity contribution is 0.0519. The Morgan fingerprint density at radius 3 is 1.82 bits per heavy atom. The fourth-order valence-corrected chi connectivity index (χ4v) is 2.41. The van der Waals surface area contributed by atoms with Crippen LogP contribution < -0.4 is 5.73 Å². The normalized spacial score (nSPS) is 16.2. The van der Waals surface area contributed by atoms with Crippen molar-refractivity contribution < 1.29 is 0 Å². The minimum atomic E-state index is 0.155. The second-order valence-corrected chi connectivity index (χ2v) is 6.77. The van der Waals surface area contributed by atoms with Gasteiger partial charge in [-0.3, -0.25) is 4.90 Å². The molecule has 0 fully saturated rings. The first-order valence-corrected chi connectivity index (χ1v) is 7.19. The van der Waals surface area contributed by atoms with E-state index >= 15 is 0 Å². The number of hydrogen-bond acceptors (Lipinski definition) is 2. The smallest absolute Gasteiger partial charge is 0.0306 e. The summed E-state index contributed by atoms with van der Waals surface area (Å²) in [4.78, 5) is 2.60. The molecule has 0 radical (unpaired) electrons. The van der Waals surface area contributed by atoms with Gasteiger partial charge in [0.1, 0.15) is 0 Å². The van der Waals surface area contributed by atoms with E-state index in [-0.39, 0.29) is 5.54 Å². The van der Waals surface area contributed by atoms with Crippen molar-refractivity contribution in [3.63, 3.8) is 0 Å². The molecule has 1 unspecified atom stereocenters. The summed E-state index contributed by atoms with van der Waals surface area (Å²) in [7, 11) is 0. The highest BCUT2D eigenvalue weighted by Gasteiger charge is 2.32. The van der Waals surface area contributed by atoms with Crippen LogP contribution in [0.15, 0.2) is 0 Å². The molecule has 0 aromatic rings. The summed E-state index contributed by atoms with van der Waals surface area (Å²) in [5.41, 5.74) is 6.22. The molecule has 0 aliphatic rings. The predicted molar refractivity (Wildman–Crippen MR) is 78.2 cm³/mol. The van der Waals surface area contributed by atoms with Gasteiger partial charge in [-0.2, -0.15) is 0 Å². The first-order chi connectivity index (χ1) is 7.73. The van der Waals surface area contributed by atoms with Crippen molar-refractivity contribution in [2.45, 2.75) is 72.9 Å². The molecule has 0 amide bonds. The second kappa shape index (κ2) is 7.38. The van der Waals surface area contributed by atoms with Crippen LogP contribution in [0.1, 0.15) is 61.3 Å². The molecule has 0 bridgehead atoms. The minimum absolute atomic E-state index is 0.155. The van der Waals surface area contributed by atoms with Gasteiger partial charge >= 0.3 is 0 Å². The van der Waals surface area contributed by atoms with Crippen LogP contribution in [-0.4, -0.2) is 29.6 Å². The number of hydrogen-bond donors (Lipinski definition) is 1. The highest BCUT2D eigenvalue weighted by atomic mass is 15.2. The largest absolute Gasteiger partial charge is 0.329 e. The Morgan fingerprint density at radius 2 is 1.53 bits per heavy atom. The maximum Gasteiger partial charge on any atom is 0.0306 e. The Hall–Kier alpha value is -0.0800. The SMILES string of the molecule is CC(C)CCC(C)(CN)N(CC(C)C)C(C)C. The Balaban J connectivity index is 4.73. The second-order valence-electron chi connectivity index (χ2n) is 6.77. The molecule has 2 N–H and O–H groups in total. The van der Waals surface area contributed by atoms with E-state index in [2.05, 4.69) is 53.4 Å². The van der Waals surface area contributed by atoms with Crippen LogP contribution in [0.5, 0.6) is 0 Å². The molecule has 104 valence electrons. The van der Waals surface area contributed by atoms with Crippen molar-refractivity contribution in [1.82, 2.24) is 4.90 Å². The van der Waals surface area contributed by atoms with Gasteiger partial charge in [0.2, 0.25) is 0 Å². The fourth-order valence-electron chi connectivity index (χ4n) is 2.41. The average molecular weight is 242 g/mol. The third-order valence-electron chi connectivity index (χ3n) is 3.58. The van der Waals surface area contributed by atoms with Gasteiger partial charge in [0.05, 0.1) is 0 Å². The lowest BCUT2D eigenvalue weighted by Gasteiger charge is -2.45. The summed E-state index contributed by atoms with van der Waals surface area (Å²) in [6.45, 7) is 17.9. The van der Waals surface area contributed by atoms with Gasteiger partial charge in [-0.1, -0.05) is 27.7 Å². The molecule has 2 nitrogen and oxygen atoms in total. The van der Waals surface area contributed by atoms with Gasteiger partial charge < -0.3 is 5.73 Å². The number of nitrogens with zero attached hydrogens (tertiary/aromatic N) is 1. The highest BCUT2D eigenvalue weighted by molar-refractivity contribution is 4.89. The third kappa shape index (κ3) is 5.87. The molecule has 0 heterocycles. The van der Waals surface area contributed by atoms with Crippen molar-refractivity contribution in [2.75, 3.05) is 13.1 Å². The molecule has 0 aliphatic carbocycles. The predicted octanol–water partition coefficient (Wildman–Crippen LogP) is 3.51. The zero-order valence-corrected chi connectivity index (χ0v) is 13.1. The van der Waals surface area contributed by atoms with E-state index in [1.807, 2.05) is 0 Å². The Labute approximate surface area is 109 Å². The number of rotatable bonds is 8. The molecule has 0 spiro atoms. The standard InChI is InChI=1S/C15H34N2/c1-12(2)8-9-15(7,11-16)17(14(5)6)10-13(3)4/h12-14H,8-11,16H2,1-7H3. The van der Waals surface area contributed by atoms with Crippen molar-refractivity contribution in [2.24, 2.45) is 17.6 Å². The zero-order valence-electron chi connectivity index (χ0n) is 13.1. The maximum absolute atomic E-state index is 6.07. The Bertz CT molecular complexity index is 199. The van der Waals surface area contributed by atoms with Gasteiger partial charge in [0, 0.05) is 24.7 Å². The molecular weight excluding hydrogens is 208 g/mol. The van der Waals surface area contributed by atoms with Crippen molar-refractivity contribution in [1.29, 1.82) is 0 Å². The molecule has 1 atom stereocenters. The summed E-state index contributed by atoms with van der Waals surface area (Å²) >= 11 is 0. The zero-order chi connectivity index (χ0) is 13.6. The van der Waals surface area contributed by atoms with Crippen LogP contribution in [0.3, 0.4) is 0 Å². The van der Waals surface area contributed by atoms with Crippen molar-refractivity contribution >= 4 is 0 Å². The van der Waals surface area contributed by atoms with Crippen LogP contribution in [0.25, 0.3) is 0 Å². The summed E-state index contributed by atoms with van der Waals surface area (Å²) in [6.07, 6.45) is 2.46. The van der Waals surface area contributed by atoms with E-state index in [1.165, 1.54) is 12.8 Å². The summed E-state index contributed by atoms with van der Waals surface area (Å²) in [6, 6.07) is 0.568. The first kappa shape index (κ1) is 16.9. The van der Waals surface area contributed by atoms with Gasteiger partial charge in [0.15, 0.2) is 0 Å². The minimum Gasteiger partial charge on any atom is -0.329 e. The molecule has 0 aliphatic heterocycles. The molecule has 2 heteroatoms. The van der Waals surface area contributed by atoms with Crippen LogP contribution in [0.2, 0.25) is 0 Å². The van der Waals surface area contributed by atoms with Crippen LogP contribution in [0, 0.1) is 11.8 Å². The monoisotopic (exact) mass is 242 g/mol. The quantitative estimate of drug-likeness (QED) is 0.706. The van der Waals surface area contributed by atoms with E-state index < -0.39 is 0 Å². The fraction of sp³-hybridized carbons (Fsp3) is 1.00. The number of nitrogens with two attached hydrogens (primary N) is 1. The lowest BCUT2D eigenvalue weighted by atomic mass is 9.88.